The van der Waals surface area contributed by atoms with Crippen molar-refractivity contribution >= 4 is 37.5 Å². The molecule has 1 atom stereocenters. The first kappa shape index (κ1) is 29.1. The van der Waals surface area contributed by atoms with Crippen molar-refractivity contribution in [3.63, 3.8) is 0 Å². The second-order valence-electron chi connectivity index (χ2n) is 11.9. The van der Waals surface area contributed by atoms with Crippen LogP contribution in [-0.4, -0.2) is 5.11 Å². The van der Waals surface area contributed by atoms with E-state index in [4.69, 9.17) is 0 Å². The van der Waals surface area contributed by atoms with Gasteiger partial charge in [0.1, 0.15) is 5.60 Å². The number of fused-ring (bicyclic) bond motifs is 2. The second kappa shape index (κ2) is 12.1. The fourth-order valence-electron chi connectivity index (χ4n) is 7.09. The standard InChI is InChI=1S/C45H31BrO/c46-36-19-13-18-35(30-36)45(47,42-25-12-11-20-37(42)31-14-3-1-4-15-31)34-28-26-33(27-29-34)44-40-23-9-7-21-38(40)43(32-16-5-2-6-17-32)39-22-8-10-24-41(39)44/h1-30,47H. The third-order valence-corrected chi connectivity index (χ3v) is 9.72. The average molecular weight is 668 g/mol. The normalized spacial score (nSPS) is 12.6. The summed E-state index contributed by atoms with van der Waals surface area (Å²) < 4.78 is 0.915. The van der Waals surface area contributed by atoms with Crippen molar-refractivity contribution in [2.75, 3.05) is 0 Å². The van der Waals surface area contributed by atoms with E-state index >= 15 is 0 Å². The van der Waals surface area contributed by atoms with Crippen LogP contribution in [0.4, 0.5) is 0 Å². The van der Waals surface area contributed by atoms with E-state index in [-0.39, 0.29) is 0 Å². The highest BCUT2D eigenvalue weighted by Gasteiger charge is 2.36. The van der Waals surface area contributed by atoms with E-state index in [1.165, 1.54) is 38.2 Å². The van der Waals surface area contributed by atoms with Gasteiger partial charge in [-0.2, -0.15) is 0 Å². The molecule has 0 fully saturated rings. The molecule has 0 heterocycles. The van der Waals surface area contributed by atoms with Crippen molar-refractivity contribution in [1.82, 2.24) is 0 Å². The fourth-order valence-corrected chi connectivity index (χ4v) is 7.49. The molecule has 224 valence electrons. The van der Waals surface area contributed by atoms with Crippen LogP contribution in [0.25, 0.3) is 54.9 Å². The van der Waals surface area contributed by atoms with E-state index in [1.54, 1.807) is 0 Å². The van der Waals surface area contributed by atoms with Gasteiger partial charge < -0.3 is 5.11 Å². The molecule has 8 rings (SSSR count). The molecule has 0 amide bonds. The minimum Gasteiger partial charge on any atom is -0.376 e. The molecule has 0 saturated heterocycles. The van der Waals surface area contributed by atoms with Gasteiger partial charge in [-0.1, -0.05) is 186 Å². The summed E-state index contributed by atoms with van der Waals surface area (Å²) >= 11 is 3.66. The van der Waals surface area contributed by atoms with Crippen molar-refractivity contribution in [3.05, 3.63) is 203 Å². The number of rotatable bonds is 6. The van der Waals surface area contributed by atoms with Gasteiger partial charge in [0.05, 0.1) is 0 Å². The van der Waals surface area contributed by atoms with Gasteiger partial charge in [0.2, 0.25) is 0 Å². The summed E-state index contributed by atoms with van der Waals surface area (Å²) in [6, 6.07) is 63.0. The first-order valence-corrected chi connectivity index (χ1v) is 16.7. The molecule has 0 aliphatic rings. The Kier molecular flexibility index (Phi) is 7.53. The minimum absolute atomic E-state index is 0.797. The zero-order valence-corrected chi connectivity index (χ0v) is 27.2. The van der Waals surface area contributed by atoms with Gasteiger partial charge in [0, 0.05) is 10.0 Å². The van der Waals surface area contributed by atoms with Gasteiger partial charge in [-0.05, 0) is 78.2 Å². The Hall–Kier alpha value is -5.28. The third-order valence-electron chi connectivity index (χ3n) is 9.23. The van der Waals surface area contributed by atoms with E-state index in [1.807, 2.05) is 60.7 Å². The maximum atomic E-state index is 13.0. The van der Waals surface area contributed by atoms with Crippen LogP contribution in [0, 0.1) is 0 Å². The molecule has 0 radical (unpaired) electrons. The van der Waals surface area contributed by atoms with Crippen molar-refractivity contribution < 1.29 is 5.11 Å². The SMILES string of the molecule is OC(c1ccc(-c2c3ccccc3c(-c3ccccc3)c3ccccc23)cc1)(c1cccc(Br)c1)c1ccccc1-c1ccccc1. The molecular weight excluding hydrogens is 636 g/mol. The molecule has 0 aliphatic heterocycles. The summed E-state index contributed by atoms with van der Waals surface area (Å²) in [6.07, 6.45) is 0. The summed E-state index contributed by atoms with van der Waals surface area (Å²) in [6.45, 7) is 0. The quantitative estimate of drug-likeness (QED) is 0.138. The molecule has 0 spiro atoms. The number of hydrogen-bond donors (Lipinski definition) is 1. The first-order chi connectivity index (χ1) is 23.1. The van der Waals surface area contributed by atoms with E-state index in [0.29, 0.717) is 0 Å². The lowest BCUT2D eigenvalue weighted by atomic mass is 9.77. The Morgan fingerprint density at radius 3 is 1.40 bits per heavy atom. The Morgan fingerprint density at radius 1 is 0.383 bits per heavy atom. The topological polar surface area (TPSA) is 20.2 Å². The first-order valence-electron chi connectivity index (χ1n) is 15.9. The Labute approximate surface area is 283 Å². The van der Waals surface area contributed by atoms with Gasteiger partial charge in [-0.3, -0.25) is 0 Å². The van der Waals surface area contributed by atoms with E-state index in [2.05, 4.69) is 137 Å². The third kappa shape index (κ3) is 5.07. The predicted molar refractivity (Wildman–Crippen MR) is 200 cm³/mol. The van der Waals surface area contributed by atoms with Crippen LogP contribution in [0.5, 0.6) is 0 Å². The largest absolute Gasteiger partial charge is 0.376 e. The summed E-state index contributed by atoms with van der Waals surface area (Å²) in [7, 11) is 0. The smallest absolute Gasteiger partial charge is 0.141 e. The van der Waals surface area contributed by atoms with Crippen molar-refractivity contribution in [2.24, 2.45) is 0 Å². The summed E-state index contributed by atoms with van der Waals surface area (Å²) in [5.41, 5.74) is 7.83. The molecule has 0 bridgehead atoms. The van der Waals surface area contributed by atoms with Crippen LogP contribution in [0.15, 0.2) is 186 Å². The molecular formula is C45H31BrO. The molecule has 47 heavy (non-hydrogen) atoms. The molecule has 0 aromatic heterocycles. The molecule has 1 nitrogen and oxygen atoms in total. The van der Waals surface area contributed by atoms with Crippen molar-refractivity contribution in [2.45, 2.75) is 5.60 Å². The van der Waals surface area contributed by atoms with Gasteiger partial charge in [0.15, 0.2) is 0 Å². The zero-order valence-electron chi connectivity index (χ0n) is 25.6. The van der Waals surface area contributed by atoms with Gasteiger partial charge in [0.25, 0.3) is 0 Å². The van der Waals surface area contributed by atoms with Crippen LogP contribution >= 0.6 is 15.9 Å². The number of benzene rings is 8. The van der Waals surface area contributed by atoms with E-state index in [9.17, 15) is 5.11 Å². The molecule has 8 aromatic rings. The van der Waals surface area contributed by atoms with E-state index < -0.39 is 5.60 Å². The fraction of sp³-hybridized carbons (Fsp3) is 0.0222. The maximum Gasteiger partial charge on any atom is 0.141 e. The van der Waals surface area contributed by atoms with E-state index in [0.717, 1.165) is 37.9 Å². The van der Waals surface area contributed by atoms with Gasteiger partial charge >= 0.3 is 0 Å². The lowest BCUT2D eigenvalue weighted by Crippen LogP contribution is -2.29. The molecule has 0 saturated carbocycles. The zero-order chi connectivity index (χ0) is 31.8. The van der Waals surface area contributed by atoms with Crippen LogP contribution in [0.3, 0.4) is 0 Å². The average Bonchev–Trinajstić information content (AvgIpc) is 3.14. The Bertz CT molecular complexity index is 2300. The van der Waals surface area contributed by atoms with Crippen LogP contribution in [0.1, 0.15) is 16.7 Å². The summed E-state index contributed by atoms with van der Waals surface area (Å²) in [4.78, 5) is 0. The lowest BCUT2D eigenvalue weighted by Gasteiger charge is -2.32. The molecule has 0 aliphatic carbocycles. The summed E-state index contributed by atoms with van der Waals surface area (Å²) in [5.74, 6) is 0. The highest BCUT2D eigenvalue weighted by molar-refractivity contribution is 9.10. The highest BCUT2D eigenvalue weighted by atomic mass is 79.9. The predicted octanol–water partition coefficient (Wildman–Crippen LogP) is 12.0. The number of halogens is 1. The van der Waals surface area contributed by atoms with Crippen LogP contribution in [-0.2, 0) is 5.60 Å². The van der Waals surface area contributed by atoms with Gasteiger partial charge in [-0.25, -0.2) is 0 Å². The molecule has 2 heteroatoms. The molecule has 1 N–H and O–H groups in total. The van der Waals surface area contributed by atoms with Crippen molar-refractivity contribution in [1.29, 1.82) is 0 Å². The Morgan fingerprint density at radius 2 is 0.851 bits per heavy atom. The molecule has 8 aromatic carbocycles. The monoisotopic (exact) mass is 666 g/mol. The number of aliphatic hydroxyl groups is 1. The Balaban J connectivity index is 1.35. The second-order valence-corrected chi connectivity index (χ2v) is 12.8. The minimum atomic E-state index is -1.41. The van der Waals surface area contributed by atoms with Crippen LogP contribution < -0.4 is 0 Å². The van der Waals surface area contributed by atoms with Crippen molar-refractivity contribution in [3.8, 4) is 33.4 Å². The summed E-state index contributed by atoms with van der Waals surface area (Å²) in [5, 5.41) is 17.9. The van der Waals surface area contributed by atoms with Crippen LogP contribution in [0.2, 0.25) is 0 Å². The number of hydrogen-bond acceptors (Lipinski definition) is 1. The van der Waals surface area contributed by atoms with Gasteiger partial charge in [-0.15, -0.1) is 0 Å². The highest BCUT2D eigenvalue weighted by Crippen LogP contribution is 2.46. The lowest BCUT2D eigenvalue weighted by molar-refractivity contribution is 0.126. The maximum absolute atomic E-state index is 13.0. The molecule has 1 unspecified atom stereocenters.